The van der Waals surface area contributed by atoms with Crippen LogP contribution in [0.25, 0.3) is 0 Å². The molecule has 0 spiro atoms. The van der Waals surface area contributed by atoms with Gasteiger partial charge in [0.1, 0.15) is 5.75 Å². The zero-order valence-electron chi connectivity index (χ0n) is 12.7. The molecule has 11 heteroatoms. The molecule has 0 fully saturated rings. The van der Waals surface area contributed by atoms with Crippen molar-refractivity contribution >= 4 is 48.0 Å². The number of halogens is 3. The maximum Gasteiger partial charge on any atom is 0.398 e. The molecule has 24 heavy (non-hydrogen) atoms. The first kappa shape index (κ1) is 19.4. The monoisotopic (exact) mass is 411 g/mol. The molecule has 0 aliphatic heterocycles. The summed E-state index contributed by atoms with van der Waals surface area (Å²) in [6.07, 6.45) is 0. The standard InChI is InChI=1S/C13H13Cl3N3O4P/c1-3-21-24(20,22-4-2)13-18-11(16)17-12(19-13)23-10-6-5-8(14)7-9(10)15/h5-7H,3-4H2,1-2H3. The Morgan fingerprint density at radius 3 is 2.29 bits per heavy atom. The predicted octanol–water partition coefficient (Wildman–Crippen LogP) is 4.52. The molecule has 0 aliphatic carbocycles. The van der Waals surface area contributed by atoms with Crippen LogP contribution in [0.3, 0.4) is 0 Å². The molecule has 0 atom stereocenters. The third kappa shape index (κ3) is 4.79. The molecule has 7 nitrogen and oxygen atoms in total. The Balaban J connectivity index is 2.39. The molecule has 0 saturated heterocycles. The molecular weight excluding hydrogens is 399 g/mol. The van der Waals surface area contributed by atoms with Crippen LogP contribution in [0.5, 0.6) is 11.8 Å². The highest BCUT2D eigenvalue weighted by Gasteiger charge is 2.32. The summed E-state index contributed by atoms with van der Waals surface area (Å²) in [5.41, 5.74) is -0.244. The van der Waals surface area contributed by atoms with Crippen molar-refractivity contribution < 1.29 is 18.3 Å². The molecule has 1 heterocycles. The van der Waals surface area contributed by atoms with E-state index in [2.05, 4.69) is 15.0 Å². The lowest BCUT2D eigenvalue weighted by atomic mass is 10.3. The average molecular weight is 413 g/mol. The number of aromatic nitrogens is 3. The van der Waals surface area contributed by atoms with E-state index in [1.807, 2.05) is 0 Å². The van der Waals surface area contributed by atoms with Crippen molar-refractivity contribution in [2.45, 2.75) is 13.8 Å². The minimum Gasteiger partial charge on any atom is -0.423 e. The van der Waals surface area contributed by atoms with Gasteiger partial charge >= 0.3 is 13.6 Å². The molecule has 130 valence electrons. The number of hydrogen-bond acceptors (Lipinski definition) is 7. The Morgan fingerprint density at radius 2 is 1.71 bits per heavy atom. The largest absolute Gasteiger partial charge is 0.423 e. The van der Waals surface area contributed by atoms with E-state index in [1.165, 1.54) is 12.1 Å². The second-order valence-corrected chi connectivity index (χ2v) is 7.29. The smallest absolute Gasteiger partial charge is 0.398 e. The second kappa shape index (κ2) is 8.43. The number of hydrogen-bond donors (Lipinski definition) is 0. The van der Waals surface area contributed by atoms with E-state index in [0.29, 0.717) is 5.02 Å². The highest BCUT2D eigenvalue weighted by atomic mass is 35.5. The molecule has 0 N–H and O–H groups in total. The fourth-order valence-electron chi connectivity index (χ4n) is 1.64. The normalized spacial score (nSPS) is 11.5. The molecule has 1 aromatic heterocycles. The first-order valence-electron chi connectivity index (χ1n) is 6.82. The van der Waals surface area contributed by atoms with E-state index in [9.17, 15) is 4.57 Å². The van der Waals surface area contributed by atoms with Gasteiger partial charge < -0.3 is 13.8 Å². The molecule has 1 aromatic carbocycles. The molecule has 0 saturated carbocycles. The summed E-state index contributed by atoms with van der Waals surface area (Å²) in [4.78, 5) is 11.6. The maximum atomic E-state index is 12.7. The number of rotatable bonds is 7. The summed E-state index contributed by atoms with van der Waals surface area (Å²) < 4.78 is 28.6. The van der Waals surface area contributed by atoms with E-state index < -0.39 is 7.60 Å². The lowest BCUT2D eigenvalue weighted by Gasteiger charge is -2.15. The lowest BCUT2D eigenvalue weighted by Crippen LogP contribution is -2.20. The van der Waals surface area contributed by atoms with Crippen molar-refractivity contribution in [1.82, 2.24) is 15.0 Å². The number of ether oxygens (including phenoxy) is 1. The van der Waals surface area contributed by atoms with Crippen LogP contribution in [0.15, 0.2) is 18.2 Å². The van der Waals surface area contributed by atoms with Crippen molar-refractivity contribution in [2.24, 2.45) is 0 Å². The van der Waals surface area contributed by atoms with Gasteiger partial charge in [-0.25, -0.2) is 0 Å². The molecular formula is C13H13Cl3N3O4P. The van der Waals surface area contributed by atoms with Crippen LogP contribution < -0.4 is 10.3 Å². The molecule has 0 bridgehead atoms. The Kier molecular flexibility index (Phi) is 6.80. The molecule has 2 aromatic rings. The number of nitrogens with zero attached hydrogens (tertiary/aromatic N) is 3. The van der Waals surface area contributed by atoms with E-state index in [0.717, 1.165) is 0 Å². The summed E-state index contributed by atoms with van der Waals surface area (Å²) >= 11 is 17.7. The minimum absolute atomic E-state index is 0.139. The summed E-state index contributed by atoms with van der Waals surface area (Å²) in [6.45, 7) is 3.61. The lowest BCUT2D eigenvalue weighted by molar-refractivity contribution is 0.228. The van der Waals surface area contributed by atoms with Crippen LogP contribution in [-0.2, 0) is 13.6 Å². The van der Waals surface area contributed by atoms with Gasteiger partial charge in [-0.2, -0.15) is 15.0 Å². The van der Waals surface area contributed by atoms with Crippen molar-refractivity contribution in [3.8, 4) is 11.8 Å². The van der Waals surface area contributed by atoms with Crippen molar-refractivity contribution in [3.63, 3.8) is 0 Å². The van der Waals surface area contributed by atoms with E-state index in [-0.39, 0.29) is 40.8 Å². The second-order valence-electron chi connectivity index (χ2n) is 4.20. The first-order chi connectivity index (χ1) is 11.4. The van der Waals surface area contributed by atoms with Gasteiger partial charge in [0.25, 0.3) is 5.57 Å². The molecule has 0 amide bonds. The summed E-state index contributed by atoms with van der Waals surface area (Å²) in [6, 6.07) is 4.41. The first-order valence-corrected chi connectivity index (χ1v) is 9.49. The van der Waals surface area contributed by atoms with Crippen LogP contribution >= 0.6 is 42.4 Å². The molecule has 0 radical (unpaired) electrons. The summed E-state index contributed by atoms with van der Waals surface area (Å²) in [5, 5.41) is 0.469. The molecule has 0 aliphatic rings. The third-order valence-electron chi connectivity index (χ3n) is 2.51. The van der Waals surface area contributed by atoms with Crippen LogP contribution in [0.1, 0.15) is 13.8 Å². The van der Waals surface area contributed by atoms with Gasteiger partial charge in [0.15, 0.2) is 0 Å². The van der Waals surface area contributed by atoms with E-state index in [4.69, 9.17) is 48.6 Å². The Bertz CT molecular complexity index is 768. The maximum absolute atomic E-state index is 12.7. The van der Waals surface area contributed by atoms with E-state index >= 15 is 0 Å². The fourth-order valence-corrected chi connectivity index (χ4v) is 3.71. The topological polar surface area (TPSA) is 83.4 Å². The van der Waals surface area contributed by atoms with E-state index in [1.54, 1.807) is 19.9 Å². The summed E-state index contributed by atoms with van der Waals surface area (Å²) in [7, 11) is -3.73. The van der Waals surface area contributed by atoms with Crippen LogP contribution in [-0.4, -0.2) is 28.2 Å². The van der Waals surface area contributed by atoms with Gasteiger partial charge in [0.05, 0.1) is 18.2 Å². The zero-order chi connectivity index (χ0) is 17.7. The Labute approximate surface area is 153 Å². The molecule has 0 unspecified atom stereocenters. The fraction of sp³-hybridized carbons (Fsp3) is 0.308. The van der Waals surface area contributed by atoms with Gasteiger partial charge in [0.2, 0.25) is 5.28 Å². The van der Waals surface area contributed by atoms with Crippen molar-refractivity contribution in [3.05, 3.63) is 33.5 Å². The van der Waals surface area contributed by atoms with Crippen molar-refractivity contribution in [1.29, 1.82) is 0 Å². The quantitative estimate of drug-likeness (QED) is 0.618. The van der Waals surface area contributed by atoms with Gasteiger partial charge in [-0.15, -0.1) is 0 Å². The van der Waals surface area contributed by atoms with Crippen LogP contribution in [0.4, 0.5) is 0 Å². The van der Waals surface area contributed by atoms with Gasteiger partial charge in [-0.3, -0.25) is 4.57 Å². The predicted molar refractivity (Wildman–Crippen MR) is 91.9 cm³/mol. The van der Waals surface area contributed by atoms with Gasteiger partial charge in [-0.1, -0.05) is 23.2 Å². The third-order valence-corrected chi connectivity index (χ3v) is 5.10. The van der Waals surface area contributed by atoms with Crippen LogP contribution in [0.2, 0.25) is 15.3 Å². The van der Waals surface area contributed by atoms with Gasteiger partial charge in [0, 0.05) is 5.02 Å². The molecule has 2 rings (SSSR count). The number of benzene rings is 1. The zero-order valence-corrected chi connectivity index (χ0v) is 15.9. The Hall–Kier alpha value is -0.950. The summed E-state index contributed by atoms with van der Waals surface area (Å²) in [5.74, 6) is 0.247. The highest BCUT2D eigenvalue weighted by Crippen LogP contribution is 2.46. The van der Waals surface area contributed by atoms with Crippen LogP contribution in [0, 0.1) is 0 Å². The highest BCUT2D eigenvalue weighted by molar-refractivity contribution is 7.61. The minimum atomic E-state index is -3.73. The Morgan fingerprint density at radius 1 is 1.04 bits per heavy atom. The SMILES string of the molecule is CCOP(=O)(OCC)c1nc(Cl)nc(Oc2ccc(Cl)cc2Cl)n1. The average Bonchev–Trinajstić information content (AvgIpc) is 2.50. The van der Waals surface area contributed by atoms with Crippen molar-refractivity contribution in [2.75, 3.05) is 13.2 Å². The van der Waals surface area contributed by atoms with Gasteiger partial charge in [-0.05, 0) is 43.6 Å².